The van der Waals surface area contributed by atoms with Crippen LogP contribution in [0.3, 0.4) is 0 Å². The number of nitrogens with zero attached hydrogens (tertiary/aromatic N) is 4. The minimum absolute atomic E-state index is 0.0617. The lowest BCUT2D eigenvalue weighted by atomic mass is 9.39. The van der Waals surface area contributed by atoms with Crippen molar-refractivity contribution in [3.05, 3.63) is 34.9 Å². The molecule has 1 N–H and O–H groups in total. The molecular weight excluding hydrogens is 648 g/mol. The molecule has 4 saturated carbocycles. The van der Waals surface area contributed by atoms with E-state index in [4.69, 9.17) is 30.9 Å². The predicted octanol–water partition coefficient (Wildman–Crippen LogP) is 7.71. The molecule has 4 bridgehead atoms. The van der Waals surface area contributed by atoms with Gasteiger partial charge in [0.15, 0.2) is 5.69 Å². The minimum atomic E-state index is -1.14. The Morgan fingerprint density at radius 2 is 1.55 bits per heavy atom. The topological polar surface area (TPSA) is 133 Å². The maximum Gasteiger partial charge on any atom is 0.410 e. The Balaban J connectivity index is 1.34. The highest BCUT2D eigenvalue weighted by Gasteiger charge is 2.66. The number of carbonyl (C=O) groups excluding carboxylic acids is 2. The molecule has 0 aromatic carbocycles. The molecule has 1 amide bonds. The molecule has 49 heavy (non-hydrogen) atoms. The smallest absolute Gasteiger partial charge is 0.410 e. The van der Waals surface area contributed by atoms with Crippen molar-refractivity contribution in [2.75, 3.05) is 19.7 Å². The number of esters is 1. The highest BCUT2D eigenvalue weighted by atomic mass is 35.5. The van der Waals surface area contributed by atoms with Gasteiger partial charge < -0.3 is 24.2 Å². The minimum Gasteiger partial charge on any atom is -0.476 e. The summed E-state index contributed by atoms with van der Waals surface area (Å²) < 4.78 is 20.1. The summed E-state index contributed by atoms with van der Waals surface area (Å²) in [5.74, 6) is -1.50. The number of amides is 1. The van der Waals surface area contributed by atoms with Gasteiger partial charge in [0.2, 0.25) is 0 Å². The van der Waals surface area contributed by atoms with E-state index in [0.717, 1.165) is 49.8 Å². The number of carbonyl (C=O) groups is 3. The lowest BCUT2D eigenvalue weighted by Gasteiger charge is -2.69. The molecule has 2 aromatic rings. The van der Waals surface area contributed by atoms with E-state index in [0.29, 0.717) is 25.3 Å². The predicted molar refractivity (Wildman–Crippen MR) is 185 cm³/mol. The Morgan fingerprint density at radius 1 is 0.918 bits per heavy atom. The number of carboxylic acid groups (broad SMARTS) is 1. The molecule has 2 atom stereocenters. The maximum absolute atomic E-state index is 13.2. The van der Waals surface area contributed by atoms with Crippen LogP contribution >= 0.6 is 11.6 Å². The molecule has 270 valence electrons. The molecule has 4 aliphatic rings. The molecule has 0 aliphatic heterocycles. The summed E-state index contributed by atoms with van der Waals surface area (Å²) in [5, 5.41) is 14.7. The first-order chi connectivity index (χ1) is 22.5. The number of rotatable bonds is 11. The second kappa shape index (κ2) is 12.9. The molecule has 0 saturated heterocycles. The number of ether oxygens (including phenoxy) is 3. The zero-order valence-corrected chi connectivity index (χ0v) is 31.3. The highest BCUT2D eigenvalue weighted by Crippen LogP contribution is 2.72. The molecular formula is C37H53ClN4O7. The van der Waals surface area contributed by atoms with Crippen molar-refractivity contribution in [2.45, 2.75) is 131 Å². The molecule has 4 fully saturated rings. The lowest BCUT2D eigenvalue weighted by molar-refractivity contribution is -0.248. The number of pyridine rings is 1. The van der Waals surface area contributed by atoms with Gasteiger partial charge in [-0.25, -0.2) is 14.6 Å². The van der Waals surface area contributed by atoms with Gasteiger partial charge in [-0.2, -0.15) is 5.10 Å². The summed E-state index contributed by atoms with van der Waals surface area (Å²) in [4.78, 5) is 43.4. The molecule has 2 aromatic heterocycles. The third-order valence-electron chi connectivity index (χ3n) is 10.0. The number of halogens is 1. The fraction of sp³-hybridized carbons (Fsp3) is 0.703. The van der Waals surface area contributed by atoms with Gasteiger partial charge >= 0.3 is 18.0 Å². The molecule has 4 aliphatic carbocycles. The molecule has 2 heterocycles. The van der Waals surface area contributed by atoms with Gasteiger partial charge in [0, 0.05) is 36.5 Å². The average molecular weight is 701 g/mol. The Bertz CT molecular complexity index is 1590. The standard InChI is InChI=1S/C37H53ClN4O7/c1-24-26(25-10-11-27(38)40-29(25)30(44)45)16-39-42(24)23-36-18-34(8)17-35(9,19-36)21-37(20-34,22-36)47-15-14-41(31(46)49-33(5,6)7)13-12-28(43)48-32(2,3)4/h10-11,16H,12-15,17-23H2,1-9H3,(H,44,45). The summed E-state index contributed by atoms with van der Waals surface area (Å²) in [6.45, 7) is 19.2. The third-order valence-corrected chi connectivity index (χ3v) is 10.2. The van der Waals surface area contributed by atoms with E-state index in [1.165, 1.54) is 0 Å². The van der Waals surface area contributed by atoms with Gasteiger partial charge in [-0.1, -0.05) is 25.4 Å². The Morgan fingerprint density at radius 3 is 2.14 bits per heavy atom. The number of aromatic nitrogens is 3. The van der Waals surface area contributed by atoms with Crippen molar-refractivity contribution >= 4 is 29.6 Å². The van der Waals surface area contributed by atoms with E-state index in [2.05, 4.69) is 18.8 Å². The normalized spacial score (nSPS) is 27.6. The van der Waals surface area contributed by atoms with Crippen LogP contribution in [0.4, 0.5) is 4.79 Å². The van der Waals surface area contributed by atoms with E-state index >= 15 is 0 Å². The van der Waals surface area contributed by atoms with Crippen molar-refractivity contribution in [1.29, 1.82) is 0 Å². The first kappa shape index (κ1) is 37.1. The van der Waals surface area contributed by atoms with Crippen LogP contribution in [-0.4, -0.2) is 79.3 Å². The Kier molecular flexibility index (Phi) is 9.73. The van der Waals surface area contributed by atoms with E-state index in [-0.39, 0.29) is 51.6 Å². The van der Waals surface area contributed by atoms with Crippen LogP contribution in [0.25, 0.3) is 11.1 Å². The van der Waals surface area contributed by atoms with Crippen molar-refractivity contribution in [3.8, 4) is 11.1 Å². The summed E-state index contributed by atoms with van der Waals surface area (Å²) in [6.07, 6.45) is 7.31. The molecule has 11 nitrogen and oxygen atoms in total. The third kappa shape index (κ3) is 8.59. The van der Waals surface area contributed by atoms with E-state index in [9.17, 15) is 19.5 Å². The number of carboxylic acids is 1. The fourth-order valence-corrected chi connectivity index (χ4v) is 9.91. The summed E-state index contributed by atoms with van der Waals surface area (Å²) in [5.41, 5.74) is 0.468. The monoisotopic (exact) mass is 700 g/mol. The fourth-order valence-electron chi connectivity index (χ4n) is 9.77. The Labute approximate surface area is 295 Å². The zero-order valence-electron chi connectivity index (χ0n) is 30.6. The second-order valence-corrected chi connectivity index (χ2v) is 18.0. The van der Waals surface area contributed by atoms with Crippen molar-refractivity contribution in [3.63, 3.8) is 0 Å². The van der Waals surface area contributed by atoms with Gasteiger partial charge in [-0.05, 0) is 115 Å². The lowest BCUT2D eigenvalue weighted by Crippen LogP contribution is -2.64. The molecule has 6 rings (SSSR count). The zero-order chi connectivity index (χ0) is 36.2. The molecule has 2 unspecified atom stereocenters. The first-order valence-corrected chi connectivity index (χ1v) is 17.7. The molecule has 0 radical (unpaired) electrons. The van der Waals surface area contributed by atoms with Crippen LogP contribution in [0.2, 0.25) is 5.15 Å². The number of aromatic carboxylic acids is 1. The van der Waals surface area contributed by atoms with Crippen LogP contribution in [0.5, 0.6) is 0 Å². The van der Waals surface area contributed by atoms with E-state index in [1.54, 1.807) is 23.2 Å². The summed E-state index contributed by atoms with van der Waals surface area (Å²) >= 11 is 6.03. The molecule has 12 heteroatoms. The van der Waals surface area contributed by atoms with Gasteiger partial charge in [-0.3, -0.25) is 9.48 Å². The van der Waals surface area contributed by atoms with Gasteiger partial charge in [0.1, 0.15) is 16.4 Å². The number of hydrogen-bond donors (Lipinski definition) is 1. The van der Waals surface area contributed by atoms with Crippen molar-refractivity contribution in [1.82, 2.24) is 19.7 Å². The molecule has 0 spiro atoms. The number of hydrogen-bond acceptors (Lipinski definition) is 8. The van der Waals surface area contributed by atoms with E-state index in [1.807, 2.05) is 53.1 Å². The van der Waals surface area contributed by atoms with E-state index < -0.39 is 23.3 Å². The highest BCUT2D eigenvalue weighted by molar-refractivity contribution is 6.29. The van der Waals surface area contributed by atoms with Crippen LogP contribution < -0.4 is 0 Å². The van der Waals surface area contributed by atoms with Gasteiger partial charge in [0.05, 0.1) is 24.8 Å². The SMILES string of the molecule is Cc1c(-c2ccc(Cl)nc2C(=O)O)cnn1CC12CC3(C)CC(C)(C1)CC(OCCN(CCC(=O)OC(C)(C)C)C(=O)OC(C)(C)C)(C3)C2. The van der Waals surface area contributed by atoms with Gasteiger partial charge in [0.25, 0.3) is 0 Å². The van der Waals surface area contributed by atoms with Crippen LogP contribution in [0.1, 0.15) is 117 Å². The van der Waals surface area contributed by atoms with Crippen LogP contribution in [-0.2, 0) is 25.5 Å². The van der Waals surface area contributed by atoms with Gasteiger partial charge in [-0.15, -0.1) is 0 Å². The average Bonchev–Trinajstić information content (AvgIpc) is 3.25. The summed E-state index contributed by atoms with van der Waals surface area (Å²) in [6, 6.07) is 3.29. The largest absolute Gasteiger partial charge is 0.476 e. The first-order valence-electron chi connectivity index (χ1n) is 17.3. The van der Waals surface area contributed by atoms with Crippen LogP contribution in [0, 0.1) is 23.2 Å². The quantitative estimate of drug-likeness (QED) is 0.185. The summed E-state index contributed by atoms with van der Waals surface area (Å²) in [7, 11) is 0. The Hall–Kier alpha value is -3.18. The maximum atomic E-state index is 13.2. The second-order valence-electron chi connectivity index (χ2n) is 17.7. The van der Waals surface area contributed by atoms with Crippen LogP contribution in [0.15, 0.2) is 18.3 Å². The van der Waals surface area contributed by atoms with Crippen molar-refractivity contribution in [2.24, 2.45) is 16.2 Å². The van der Waals surface area contributed by atoms with Crippen molar-refractivity contribution < 1.29 is 33.7 Å².